The van der Waals surface area contributed by atoms with Crippen LogP contribution in [0.3, 0.4) is 0 Å². The van der Waals surface area contributed by atoms with E-state index in [9.17, 15) is 0 Å². The van der Waals surface area contributed by atoms with Crippen LogP contribution in [0.1, 0.15) is 5.56 Å². The van der Waals surface area contributed by atoms with E-state index >= 15 is 0 Å². The standard InChI is InChI=1S/C13H10Br2S/c14-11-6-12(15)8-13(7-11)16-9-10-4-2-1-3-5-10/h1-8H,9H2. The number of hydrogen-bond donors (Lipinski definition) is 0. The van der Waals surface area contributed by atoms with Crippen LogP contribution in [0, 0.1) is 0 Å². The molecule has 0 N–H and O–H groups in total. The fraction of sp³-hybridized carbons (Fsp3) is 0.0769. The Bertz CT molecular complexity index is 448. The highest BCUT2D eigenvalue weighted by Crippen LogP contribution is 2.29. The van der Waals surface area contributed by atoms with Crippen molar-refractivity contribution in [3.05, 3.63) is 63.0 Å². The van der Waals surface area contributed by atoms with Gasteiger partial charge in [-0.3, -0.25) is 0 Å². The number of halogens is 2. The van der Waals surface area contributed by atoms with E-state index in [4.69, 9.17) is 0 Å². The van der Waals surface area contributed by atoms with Gasteiger partial charge in [-0.25, -0.2) is 0 Å². The van der Waals surface area contributed by atoms with Crippen LogP contribution in [0.25, 0.3) is 0 Å². The van der Waals surface area contributed by atoms with Gasteiger partial charge in [-0.1, -0.05) is 62.2 Å². The van der Waals surface area contributed by atoms with Crippen molar-refractivity contribution in [3.8, 4) is 0 Å². The predicted molar refractivity (Wildman–Crippen MR) is 77.8 cm³/mol. The molecule has 16 heavy (non-hydrogen) atoms. The highest BCUT2D eigenvalue weighted by atomic mass is 79.9. The molecule has 0 fully saturated rings. The first kappa shape index (κ1) is 12.2. The molecule has 0 nitrogen and oxygen atoms in total. The smallest absolute Gasteiger partial charge is 0.0232 e. The molecule has 0 aliphatic heterocycles. The molecular formula is C13H10Br2S. The molecule has 0 unspecified atom stereocenters. The van der Waals surface area contributed by atoms with Crippen molar-refractivity contribution < 1.29 is 0 Å². The molecule has 0 amide bonds. The summed E-state index contributed by atoms with van der Waals surface area (Å²) in [6, 6.07) is 16.8. The van der Waals surface area contributed by atoms with Crippen molar-refractivity contribution >= 4 is 43.6 Å². The summed E-state index contributed by atoms with van der Waals surface area (Å²) < 4.78 is 2.22. The molecule has 0 saturated heterocycles. The summed E-state index contributed by atoms with van der Waals surface area (Å²) in [6.45, 7) is 0. The summed E-state index contributed by atoms with van der Waals surface area (Å²) in [5, 5.41) is 0. The quantitative estimate of drug-likeness (QED) is 0.653. The van der Waals surface area contributed by atoms with E-state index in [-0.39, 0.29) is 0 Å². The first-order chi connectivity index (χ1) is 7.74. The van der Waals surface area contributed by atoms with Crippen LogP contribution in [0.15, 0.2) is 62.4 Å². The number of rotatable bonds is 3. The lowest BCUT2D eigenvalue weighted by Crippen LogP contribution is -1.79. The van der Waals surface area contributed by atoms with E-state index in [1.165, 1.54) is 10.5 Å². The SMILES string of the molecule is Brc1cc(Br)cc(SCc2ccccc2)c1. The summed E-state index contributed by atoms with van der Waals surface area (Å²) >= 11 is 8.83. The van der Waals surface area contributed by atoms with Crippen LogP contribution < -0.4 is 0 Å². The van der Waals surface area contributed by atoms with Crippen molar-refractivity contribution in [1.82, 2.24) is 0 Å². The zero-order valence-electron chi connectivity index (χ0n) is 8.49. The lowest BCUT2D eigenvalue weighted by atomic mass is 10.2. The molecule has 0 radical (unpaired) electrons. The Balaban J connectivity index is 2.05. The fourth-order valence-electron chi connectivity index (χ4n) is 1.35. The summed E-state index contributed by atoms with van der Waals surface area (Å²) in [7, 11) is 0. The van der Waals surface area contributed by atoms with Crippen molar-refractivity contribution in [1.29, 1.82) is 0 Å². The Kier molecular flexibility index (Phi) is 4.50. The molecule has 2 rings (SSSR count). The first-order valence-electron chi connectivity index (χ1n) is 4.87. The van der Waals surface area contributed by atoms with Gasteiger partial charge in [0.15, 0.2) is 0 Å². The Morgan fingerprint density at radius 1 is 0.875 bits per heavy atom. The molecule has 3 heteroatoms. The van der Waals surface area contributed by atoms with Crippen molar-refractivity contribution in [2.24, 2.45) is 0 Å². The van der Waals surface area contributed by atoms with E-state index in [1.807, 2.05) is 23.9 Å². The van der Waals surface area contributed by atoms with Gasteiger partial charge < -0.3 is 0 Å². The monoisotopic (exact) mass is 356 g/mol. The Hall–Kier alpha value is -0.250. The van der Waals surface area contributed by atoms with Gasteiger partial charge in [0.1, 0.15) is 0 Å². The zero-order valence-corrected chi connectivity index (χ0v) is 12.5. The topological polar surface area (TPSA) is 0 Å². The molecule has 0 bridgehead atoms. The lowest BCUT2D eigenvalue weighted by Gasteiger charge is -2.03. The van der Waals surface area contributed by atoms with Crippen LogP contribution in [0.2, 0.25) is 0 Å². The van der Waals surface area contributed by atoms with Crippen molar-refractivity contribution in [2.75, 3.05) is 0 Å². The predicted octanol–water partition coefficient (Wildman–Crippen LogP) is 5.50. The van der Waals surface area contributed by atoms with Gasteiger partial charge in [0.2, 0.25) is 0 Å². The Morgan fingerprint density at radius 2 is 1.50 bits per heavy atom. The molecule has 0 aliphatic carbocycles. The highest BCUT2D eigenvalue weighted by molar-refractivity contribution is 9.11. The molecule has 0 saturated carbocycles. The van der Waals surface area contributed by atoms with E-state index in [1.54, 1.807) is 0 Å². The maximum absolute atomic E-state index is 3.50. The normalized spacial score (nSPS) is 10.4. The highest BCUT2D eigenvalue weighted by Gasteiger charge is 1.99. The molecule has 0 aromatic heterocycles. The second-order valence-corrected chi connectivity index (χ2v) is 6.26. The molecule has 2 aromatic rings. The maximum Gasteiger partial charge on any atom is 0.0232 e. The minimum Gasteiger partial charge on any atom is -0.121 e. The third-order valence-electron chi connectivity index (χ3n) is 2.08. The average Bonchev–Trinajstić information content (AvgIpc) is 2.27. The van der Waals surface area contributed by atoms with Gasteiger partial charge in [-0.15, -0.1) is 11.8 Å². The minimum absolute atomic E-state index is 1.00. The van der Waals surface area contributed by atoms with Gasteiger partial charge >= 0.3 is 0 Å². The second kappa shape index (κ2) is 5.89. The van der Waals surface area contributed by atoms with E-state index in [0.29, 0.717) is 0 Å². The van der Waals surface area contributed by atoms with Crippen LogP contribution in [0.5, 0.6) is 0 Å². The number of hydrogen-bond acceptors (Lipinski definition) is 1. The Morgan fingerprint density at radius 3 is 2.12 bits per heavy atom. The van der Waals surface area contributed by atoms with Crippen LogP contribution in [-0.2, 0) is 5.75 Å². The van der Waals surface area contributed by atoms with E-state index in [0.717, 1.165) is 14.7 Å². The molecule has 82 valence electrons. The number of thioether (sulfide) groups is 1. The third kappa shape index (κ3) is 3.65. The van der Waals surface area contributed by atoms with Gasteiger partial charge in [-0.05, 0) is 23.8 Å². The average molecular weight is 358 g/mol. The summed E-state index contributed by atoms with van der Waals surface area (Å²) in [5.41, 5.74) is 1.35. The Labute approximate surface area is 117 Å². The van der Waals surface area contributed by atoms with E-state index < -0.39 is 0 Å². The second-order valence-electron chi connectivity index (χ2n) is 3.38. The fourth-order valence-corrected chi connectivity index (χ4v) is 3.90. The molecule has 0 heterocycles. The lowest BCUT2D eigenvalue weighted by molar-refractivity contribution is 1.36. The van der Waals surface area contributed by atoms with Crippen LogP contribution in [0.4, 0.5) is 0 Å². The summed E-state index contributed by atoms with van der Waals surface area (Å²) in [5.74, 6) is 1.00. The first-order valence-corrected chi connectivity index (χ1v) is 7.44. The van der Waals surface area contributed by atoms with Gasteiger partial charge in [0.25, 0.3) is 0 Å². The summed E-state index contributed by atoms with van der Waals surface area (Å²) in [6.07, 6.45) is 0. The van der Waals surface area contributed by atoms with Crippen molar-refractivity contribution in [2.45, 2.75) is 10.6 Å². The minimum atomic E-state index is 1.00. The summed E-state index contributed by atoms with van der Waals surface area (Å²) in [4.78, 5) is 1.27. The molecule has 0 aliphatic rings. The molecule has 2 aromatic carbocycles. The van der Waals surface area contributed by atoms with E-state index in [2.05, 4.69) is 68.3 Å². The molecular weight excluding hydrogens is 348 g/mol. The zero-order chi connectivity index (χ0) is 11.4. The van der Waals surface area contributed by atoms with Crippen LogP contribution in [-0.4, -0.2) is 0 Å². The van der Waals surface area contributed by atoms with Gasteiger partial charge in [-0.2, -0.15) is 0 Å². The van der Waals surface area contributed by atoms with Crippen LogP contribution >= 0.6 is 43.6 Å². The largest absolute Gasteiger partial charge is 0.121 e. The van der Waals surface area contributed by atoms with Gasteiger partial charge in [0, 0.05) is 19.6 Å². The maximum atomic E-state index is 3.50. The number of benzene rings is 2. The van der Waals surface area contributed by atoms with Crippen molar-refractivity contribution in [3.63, 3.8) is 0 Å². The van der Waals surface area contributed by atoms with Gasteiger partial charge in [0.05, 0.1) is 0 Å². The molecule has 0 atom stereocenters. The molecule has 0 spiro atoms. The third-order valence-corrected chi connectivity index (χ3v) is 4.05.